The number of aliphatic imine (C=N–C) groups is 1. The number of halogens is 4. The summed E-state index contributed by atoms with van der Waals surface area (Å²) >= 11 is 7.05. The zero-order valence-electron chi connectivity index (χ0n) is 19.0. The van der Waals surface area contributed by atoms with Crippen molar-refractivity contribution in [3.63, 3.8) is 0 Å². The fourth-order valence-corrected chi connectivity index (χ4v) is 5.98. The van der Waals surface area contributed by atoms with Gasteiger partial charge in [0.1, 0.15) is 0 Å². The van der Waals surface area contributed by atoms with Crippen molar-refractivity contribution in [3.8, 4) is 0 Å². The van der Waals surface area contributed by atoms with E-state index in [4.69, 9.17) is 16.3 Å². The summed E-state index contributed by atoms with van der Waals surface area (Å²) in [6, 6.07) is 9.06. The Hall–Kier alpha value is -3.31. The highest BCUT2D eigenvalue weighted by Crippen LogP contribution is 2.37. The number of carbonyl (C=O) groups excluding carboxylic acids is 2. The fourth-order valence-electron chi connectivity index (χ4n) is 4.88. The maximum atomic E-state index is 13.5. The number of thioether (sulfide) groups is 1. The number of esters is 1. The van der Waals surface area contributed by atoms with Crippen molar-refractivity contribution in [1.29, 1.82) is 0 Å². The molecule has 3 aliphatic rings. The minimum absolute atomic E-state index is 0.0145. The minimum Gasteiger partial charge on any atom is -0.465 e. The van der Waals surface area contributed by atoms with Gasteiger partial charge in [0, 0.05) is 29.4 Å². The molecule has 2 atom stereocenters. The summed E-state index contributed by atoms with van der Waals surface area (Å²) in [5.41, 5.74) is 0.660. The molecule has 0 saturated carbocycles. The molecule has 2 fully saturated rings. The van der Waals surface area contributed by atoms with Crippen LogP contribution in [-0.2, 0) is 27.0 Å². The molecule has 3 aromatic rings. The first-order valence-corrected chi connectivity index (χ1v) is 12.6. The molecule has 4 heterocycles. The molecular formula is C25H18ClF3N4O3S. The number of hydrogen-bond acceptors (Lipinski definition) is 6. The van der Waals surface area contributed by atoms with E-state index >= 15 is 0 Å². The third kappa shape index (κ3) is 4.50. The van der Waals surface area contributed by atoms with Gasteiger partial charge in [0.25, 0.3) is 5.91 Å². The van der Waals surface area contributed by atoms with E-state index < -0.39 is 11.7 Å². The molecule has 190 valence electrons. The lowest BCUT2D eigenvalue weighted by atomic mass is 10.0. The van der Waals surface area contributed by atoms with Gasteiger partial charge < -0.3 is 9.64 Å². The van der Waals surface area contributed by atoms with E-state index in [2.05, 4.69) is 10.1 Å². The average Bonchev–Trinajstić information content (AvgIpc) is 3.60. The summed E-state index contributed by atoms with van der Waals surface area (Å²) in [6.45, 7) is 1.44. The summed E-state index contributed by atoms with van der Waals surface area (Å²) in [6.07, 6.45) is -1.23. The molecule has 6 rings (SSSR count). The second-order valence-corrected chi connectivity index (χ2v) is 10.6. The van der Waals surface area contributed by atoms with Gasteiger partial charge in [-0.1, -0.05) is 23.7 Å². The van der Waals surface area contributed by atoms with Gasteiger partial charge in [-0.05, 0) is 53.2 Å². The van der Waals surface area contributed by atoms with Gasteiger partial charge in [0.05, 0.1) is 41.3 Å². The van der Waals surface area contributed by atoms with Crippen LogP contribution in [0.4, 0.5) is 13.2 Å². The standard InChI is InChI=1S/C25H18ClF3N4O3S/c26-17-3-2-14(19(7-17)25(27,28)29)10-33-20-4-1-13(5-15(20)8-30-33)6-21-22(34)31-24(37-21)32-9-16-12-36-23(35)18(16)11-32/h1-8,16,18H,9-12H2/b21-6-. The number of hydrogen-bond donors (Lipinski definition) is 0. The maximum absolute atomic E-state index is 13.5. The van der Waals surface area contributed by atoms with Crippen LogP contribution in [-0.4, -0.2) is 51.4 Å². The van der Waals surface area contributed by atoms with E-state index in [0.29, 0.717) is 35.3 Å². The van der Waals surface area contributed by atoms with Crippen LogP contribution in [0.1, 0.15) is 16.7 Å². The smallest absolute Gasteiger partial charge is 0.416 e. The Morgan fingerprint density at radius 3 is 2.78 bits per heavy atom. The molecule has 0 spiro atoms. The van der Waals surface area contributed by atoms with E-state index in [-0.39, 0.29) is 40.8 Å². The van der Waals surface area contributed by atoms with Crippen molar-refractivity contribution in [3.05, 3.63) is 69.2 Å². The Balaban J connectivity index is 1.20. The molecule has 2 unspecified atom stereocenters. The molecule has 12 heteroatoms. The number of likely N-dealkylation sites (tertiary alicyclic amines) is 1. The third-order valence-corrected chi connectivity index (χ3v) is 8.00. The first kappa shape index (κ1) is 24.1. The van der Waals surface area contributed by atoms with Gasteiger partial charge in [-0.2, -0.15) is 23.3 Å². The van der Waals surface area contributed by atoms with Crippen molar-refractivity contribution in [1.82, 2.24) is 14.7 Å². The molecule has 3 aliphatic heterocycles. The highest BCUT2D eigenvalue weighted by atomic mass is 35.5. The monoisotopic (exact) mass is 546 g/mol. The van der Waals surface area contributed by atoms with Gasteiger partial charge >= 0.3 is 12.1 Å². The lowest BCUT2D eigenvalue weighted by Crippen LogP contribution is -2.27. The number of nitrogens with zero attached hydrogens (tertiary/aromatic N) is 4. The summed E-state index contributed by atoms with van der Waals surface area (Å²) < 4.78 is 47.1. The number of amides is 1. The first-order valence-electron chi connectivity index (χ1n) is 11.4. The van der Waals surface area contributed by atoms with Crippen LogP contribution >= 0.6 is 23.4 Å². The molecule has 2 saturated heterocycles. The highest BCUT2D eigenvalue weighted by molar-refractivity contribution is 8.18. The third-order valence-electron chi connectivity index (χ3n) is 6.72. The fraction of sp³-hybridized carbons (Fsp3) is 0.280. The maximum Gasteiger partial charge on any atom is 0.416 e. The van der Waals surface area contributed by atoms with E-state index in [1.165, 1.54) is 28.6 Å². The van der Waals surface area contributed by atoms with Crippen LogP contribution in [0.25, 0.3) is 17.0 Å². The van der Waals surface area contributed by atoms with Gasteiger partial charge in [-0.25, -0.2) is 0 Å². The van der Waals surface area contributed by atoms with Crippen molar-refractivity contribution >= 4 is 57.4 Å². The predicted octanol–water partition coefficient (Wildman–Crippen LogP) is 4.83. The lowest BCUT2D eigenvalue weighted by Gasteiger charge is -2.17. The molecule has 0 radical (unpaired) electrons. The molecule has 1 aromatic heterocycles. The molecule has 0 bridgehead atoms. The van der Waals surface area contributed by atoms with Crippen LogP contribution in [0, 0.1) is 11.8 Å². The number of amidine groups is 1. The van der Waals surface area contributed by atoms with Crippen LogP contribution in [0.2, 0.25) is 5.02 Å². The topological polar surface area (TPSA) is 76.8 Å². The SMILES string of the molecule is O=C1N=C(N2CC3COC(=O)C3C2)S/C1=C\c1ccc2c(cnn2Cc2ccc(Cl)cc2C(F)(F)F)c1. The first-order chi connectivity index (χ1) is 17.7. The Bertz CT molecular complexity index is 1520. The lowest BCUT2D eigenvalue weighted by molar-refractivity contribution is -0.141. The van der Waals surface area contributed by atoms with Crippen molar-refractivity contribution in [2.75, 3.05) is 19.7 Å². The zero-order chi connectivity index (χ0) is 25.9. The Morgan fingerprint density at radius 2 is 2.00 bits per heavy atom. The van der Waals surface area contributed by atoms with Crippen LogP contribution in [0.5, 0.6) is 0 Å². The number of alkyl halides is 3. The number of carbonyl (C=O) groups is 2. The zero-order valence-corrected chi connectivity index (χ0v) is 20.6. The molecule has 0 N–H and O–H groups in total. The number of rotatable bonds is 3. The summed E-state index contributed by atoms with van der Waals surface area (Å²) in [7, 11) is 0. The Morgan fingerprint density at radius 1 is 1.16 bits per heavy atom. The average molecular weight is 547 g/mol. The van der Waals surface area contributed by atoms with Crippen molar-refractivity contribution < 1.29 is 27.5 Å². The van der Waals surface area contributed by atoms with Crippen LogP contribution in [0.3, 0.4) is 0 Å². The molecular weight excluding hydrogens is 529 g/mol. The van der Waals surface area contributed by atoms with E-state index in [1.54, 1.807) is 24.4 Å². The second-order valence-electron chi connectivity index (χ2n) is 9.13. The van der Waals surface area contributed by atoms with E-state index in [1.807, 2.05) is 11.0 Å². The van der Waals surface area contributed by atoms with Crippen LogP contribution < -0.4 is 0 Å². The van der Waals surface area contributed by atoms with Gasteiger partial charge in [-0.15, -0.1) is 0 Å². The second kappa shape index (κ2) is 8.91. The Labute approximate surface area is 217 Å². The van der Waals surface area contributed by atoms with E-state index in [9.17, 15) is 22.8 Å². The molecule has 0 aliphatic carbocycles. The summed E-state index contributed by atoms with van der Waals surface area (Å²) in [5, 5.41) is 5.59. The van der Waals surface area contributed by atoms with Crippen LogP contribution in [0.15, 0.2) is 52.5 Å². The predicted molar refractivity (Wildman–Crippen MR) is 133 cm³/mol. The van der Waals surface area contributed by atoms with Gasteiger partial charge in [-0.3, -0.25) is 14.3 Å². The molecule has 2 aromatic carbocycles. The molecule has 1 amide bonds. The molecule has 7 nitrogen and oxygen atoms in total. The summed E-state index contributed by atoms with van der Waals surface area (Å²) in [5.74, 6) is -0.598. The highest BCUT2D eigenvalue weighted by Gasteiger charge is 2.46. The largest absolute Gasteiger partial charge is 0.465 e. The number of ether oxygens (including phenoxy) is 1. The number of benzene rings is 2. The number of cyclic esters (lactones) is 1. The quantitative estimate of drug-likeness (QED) is 0.346. The minimum atomic E-state index is -4.54. The van der Waals surface area contributed by atoms with Gasteiger partial charge in [0.15, 0.2) is 5.17 Å². The Kier molecular flexibility index (Phi) is 5.79. The van der Waals surface area contributed by atoms with Crippen molar-refractivity contribution in [2.24, 2.45) is 16.8 Å². The normalized spacial score (nSPS) is 22.8. The number of aromatic nitrogens is 2. The molecule has 37 heavy (non-hydrogen) atoms. The van der Waals surface area contributed by atoms with Gasteiger partial charge in [0.2, 0.25) is 0 Å². The van der Waals surface area contributed by atoms with E-state index in [0.717, 1.165) is 17.0 Å². The summed E-state index contributed by atoms with van der Waals surface area (Å²) in [4.78, 5) is 31.0. The number of fused-ring (bicyclic) bond motifs is 2. The van der Waals surface area contributed by atoms with Crippen molar-refractivity contribution in [2.45, 2.75) is 12.7 Å².